The molecule has 0 aliphatic heterocycles. The second kappa shape index (κ2) is 5.97. The maximum absolute atomic E-state index is 11.9. The van der Waals surface area contributed by atoms with Crippen molar-refractivity contribution in [2.24, 2.45) is 0 Å². The van der Waals surface area contributed by atoms with Crippen LogP contribution in [0.4, 0.5) is 8.78 Å². The first-order chi connectivity index (χ1) is 6.68. The number of hydrogen-bond acceptors (Lipinski definition) is 0. The van der Waals surface area contributed by atoms with Crippen molar-refractivity contribution >= 4 is 11.6 Å². The van der Waals surface area contributed by atoms with Crippen molar-refractivity contribution in [3.05, 3.63) is 35.9 Å². The van der Waals surface area contributed by atoms with Gasteiger partial charge in [0.05, 0.1) is 0 Å². The summed E-state index contributed by atoms with van der Waals surface area (Å²) < 4.78 is 23.9. The highest BCUT2D eigenvalue weighted by Gasteiger charge is 2.11. The Bertz CT molecular complexity index is 249. The van der Waals surface area contributed by atoms with E-state index in [0.717, 1.165) is 12.0 Å². The molecule has 1 aromatic carbocycles. The predicted octanol–water partition coefficient (Wildman–Crippen LogP) is 3.88. The summed E-state index contributed by atoms with van der Waals surface area (Å²) in [5.74, 6) is 0. The van der Waals surface area contributed by atoms with E-state index in [-0.39, 0.29) is 6.42 Å². The smallest absolute Gasteiger partial charge is 0.210 e. The molecular formula is C11H13ClF2. The first-order valence-electron chi connectivity index (χ1n) is 4.64. The van der Waals surface area contributed by atoms with E-state index >= 15 is 0 Å². The Balaban J connectivity index is 2.27. The van der Waals surface area contributed by atoms with E-state index in [2.05, 4.69) is 0 Å². The molecular weight excluding hydrogens is 206 g/mol. The molecule has 0 nitrogen and oxygen atoms in total. The van der Waals surface area contributed by atoms with Crippen molar-refractivity contribution in [3.8, 4) is 0 Å². The molecule has 0 saturated carbocycles. The lowest BCUT2D eigenvalue weighted by molar-refractivity contribution is 0.135. The van der Waals surface area contributed by atoms with E-state index in [9.17, 15) is 8.78 Å². The van der Waals surface area contributed by atoms with Crippen molar-refractivity contribution < 1.29 is 8.78 Å². The molecule has 14 heavy (non-hydrogen) atoms. The molecule has 1 aromatic rings. The third-order valence-corrected chi connectivity index (χ3v) is 2.42. The molecule has 0 aliphatic carbocycles. The first-order valence-corrected chi connectivity index (χ1v) is 5.08. The van der Waals surface area contributed by atoms with Crippen molar-refractivity contribution in [1.29, 1.82) is 0 Å². The third-order valence-electron chi connectivity index (χ3n) is 2.02. The van der Waals surface area contributed by atoms with Gasteiger partial charge < -0.3 is 0 Å². The van der Waals surface area contributed by atoms with Crippen LogP contribution in [0.15, 0.2) is 30.3 Å². The molecule has 0 bridgehead atoms. The number of aryl methyl sites for hydroxylation is 1. The highest BCUT2D eigenvalue weighted by molar-refractivity contribution is 6.20. The van der Waals surface area contributed by atoms with E-state index < -0.39 is 11.8 Å². The Kier molecular flexibility index (Phi) is 4.88. The fourth-order valence-corrected chi connectivity index (χ4v) is 1.52. The molecule has 1 atom stereocenters. The van der Waals surface area contributed by atoms with Crippen molar-refractivity contribution in [1.82, 2.24) is 0 Å². The zero-order chi connectivity index (χ0) is 10.4. The van der Waals surface area contributed by atoms with Gasteiger partial charge in [0.25, 0.3) is 0 Å². The van der Waals surface area contributed by atoms with Crippen LogP contribution in [0, 0.1) is 0 Å². The van der Waals surface area contributed by atoms with Crippen LogP contribution in [0.3, 0.4) is 0 Å². The molecule has 3 heteroatoms. The maximum Gasteiger partial charge on any atom is 0.240 e. The van der Waals surface area contributed by atoms with Gasteiger partial charge in [0.1, 0.15) is 0 Å². The van der Waals surface area contributed by atoms with Crippen LogP contribution in [-0.2, 0) is 6.42 Å². The van der Waals surface area contributed by atoms with Gasteiger partial charge in [-0.3, -0.25) is 0 Å². The van der Waals surface area contributed by atoms with Gasteiger partial charge in [0.2, 0.25) is 6.43 Å². The zero-order valence-corrected chi connectivity index (χ0v) is 8.55. The minimum absolute atomic E-state index is 0.214. The summed E-state index contributed by atoms with van der Waals surface area (Å²) in [5.41, 5.74) is 1.15. The number of benzene rings is 1. The van der Waals surface area contributed by atoms with Crippen LogP contribution >= 0.6 is 11.6 Å². The highest BCUT2D eigenvalue weighted by Crippen LogP contribution is 2.16. The van der Waals surface area contributed by atoms with Gasteiger partial charge in [0.15, 0.2) is 0 Å². The molecule has 0 aromatic heterocycles. The van der Waals surface area contributed by atoms with Crippen molar-refractivity contribution in [3.63, 3.8) is 0 Å². The number of hydrogen-bond donors (Lipinski definition) is 0. The minimum atomic E-state index is -2.30. The predicted molar refractivity (Wildman–Crippen MR) is 55.0 cm³/mol. The lowest BCUT2D eigenvalue weighted by Gasteiger charge is -2.08. The van der Waals surface area contributed by atoms with Crippen molar-refractivity contribution in [2.45, 2.75) is 31.1 Å². The Morgan fingerprint density at radius 1 is 1.14 bits per heavy atom. The van der Waals surface area contributed by atoms with Crippen LogP contribution in [0.25, 0.3) is 0 Å². The van der Waals surface area contributed by atoms with Gasteiger partial charge >= 0.3 is 0 Å². The molecule has 0 N–H and O–H groups in total. The molecule has 1 rings (SSSR count). The normalized spacial score (nSPS) is 13.1. The van der Waals surface area contributed by atoms with Gasteiger partial charge in [-0.15, -0.1) is 11.6 Å². The zero-order valence-electron chi connectivity index (χ0n) is 7.80. The molecule has 0 aliphatic rings. The van der Waals surface area contributed by atoms with Crippen LogP contribution in [-0.4, -0.2) is 11.8 Å². The second-order valence-electron chi connectivity index (χ2n) is 3.25. The van der Waals surface area contributed by atoms with Gasteiger partial charge in [-0.1, -0.05) is 30.3 Å². The average molecular weight is 219 g/mol. The SMILES string of the molecule is FC(F)CC(Cl)CCc1ccccc1. The fourth-order valence-electron chi connectivity index (χ4n) is 1.28. The first kappa shape index (κ1) is 11.4. The molecule has 0 radical (unpaired) electrons. The van der Waals surface area contributed by atoms with Crippen LogP contribution < -0.4 is 0 Å². The lowest BCUT2D eigenvalue weighted by atomic mass is 10.1. The largest absolute Gasteiger partial charge is 0.240 e. The topological polar surface area (TPSA) is 0 Å². The molecule has 0 spiro atoms. The van der Waals surface area contributed by atoms with E-state index in [1.54, 1.807) is 0 Å². The number of alkyl halides is 3. The third kappa shape index (κ3) is 4.56. The van der Waals surface area contributed by atoms with Gasteiger partial charge in [-0.2, -0.15) is 0 Å². The monoisotopic (exact) mass is 218 g/mol. The maximum atomic E-state index is 11.9. The number of rotatable bonds is 5. The lowest BCUT2D eigenvalue weighted by Crippen LogP contribution is -2.06. The Morgan fingerprint density at radius 2 is 1.79 bits per heavy atom. The van der Waals surface area contributed by atoms with Gasteiger partial charge in [-0.05, 0) is 18.4 Å². The summed E-state index contributed by atoms with van der Waals surface area (Å²) in [6, 6.07) is 9.76. The van der Waals surface area contributed by atoms with E-state index in [4.69, 9.17) is 11.6 Å². The molecule has 0 fully saturated rings. The standard InChI is InChI=1S/C11H13ClF2/c12-10(8-11(13)14)7-6-9-4-2-1-3-5-9/h1-5,10-11H,6-8H2. The molecule has 0 heterocycles. The highest BCUT2D eigenvalue weighted by atomic mass is 35.5. The van der Waals surface area contributed by atoms with Gasteiger partial charge in [0, 0.05) is 11.8 Å². The van der Waals surface area contributed by atoms with E-state index in [0.29, 0.717) is 6.42 Å². The summed E-state index contributed by atoms with van der Waals surface area (Å²) >= 11 is 5.75. The summed E-state index contributed by atoms with van der Waals surface area (Å²) in [5, 5.41) is -0.421. The molecule has 78 valence electrons. The van der Waals surface area contributed by atoms with Crippen LogP contribution in [0.1, 0.15) is 18.4 Å². The number of halogens is 3. The van der Waals surface area contributed by atoms with E-state index in [1.807, 2.05) is 30.3 Å². The quantitative estimate of drug-likeness (QED) is 0.658. The fraction of sp³-hybridized carbons (Fsp3) is 0.455. The summed E-state index contributed by atoms with van der Waals surface area (Å²) in [6.45, 7) is 0. The van der Waals surface area contributed by atoms with Gasteiger partial charge in [-0.25, -0.2) is 8.78 Å². The van der Waals surface area contributed by atoms with Crippen LogP contribution in [0.5, 0.6) is 0 Å². The summed E-state index contributed by atoms with van der Waals surface area (Å²) in [4.78, 5) is 0. The molecule has 1 unspecified atom stereocenters. The summed E-state index contributed by atoms with van der Waals surface area (Å²) in [6.07, 6.45) is -1.14. The second-order valence-corrected chi connectivity index (χ2v) is 3.87. The molecule has 0 amide bonds. The molecule has 0 saturated heterocycles. The Hall–Kier alpha value is -0.630. The Morgan fingerprint density at radius 3 is 2.36 bits per heavy atom. The van der Waals surface area contributed by atoms with Crippen LogP contribution in [0.2, 0.25) is 0 Å². The van der Waals surface area contributed by atoms with Crippen molar-refractivity contribution in [2.75, 3.05) is 0 Å². The average Bonchev–Trinajstić information content (AvgIpc) is 2.15. The van der Waals surface area contributed by atoms with E-state index in [1.165, 1.54) is 0 Å². The minimum Gasteiger partial charge on any atom is -0.210 e. The summed E-state index contributed by atoms with van der Waals surface area (Å²) in [7, 11) is 0. The Labute approximate surface area is 87.9 Å².